The smallest absolute Gasteiger partial charge is 0.227 e. The Kier molecular flexibility index (Phi) is 6.88. The van der Waals surface area contributed by atoms with Crippen molar-refractivity contribution in [3.8, 4) is 5.75 Å². The van der Waals surface area contributed by atoms with Crippen molar-refractivity contribution in [1.82, 2.24) is 4.90 Å². The number of hydrogen-bond acceptors (Lipinski definition) is 3. The normalized spacial score (nSPS) is 15.5. The van der Waals surface area contributed by atoms with Gasteiger partial charge < -0.3 is 10.1 Å². The highest BCUT2D eigenvalue weighted by Gasteiger charge is 2.25. The lowest BCUT2D eigenvalue weighted by Gasteiger charge is -2.31. The second-order valence-electron chi connectivity index (χ2n) is 7.13. The molecule has 1 saturated heterocycles. The number of ether oxygens (including phenoxy) is 1. The van der Waals surface area contributed by atoms with Crippen molar-refractivity contribution in [2.24, 2.45) is 5.92 Å². The quantitative estimate of drug-likeness (QED) is 0.784. The van der Waals surface area contributed by atoms with E-state index < -0.39 is 0 Å². The number of nitrogens with zero attached hydrogens (tertiary/aromatic N) is 1. The molecular weight excluding hydrogens is 336 g/mol. The number of rotatable bonds is 7. The third kappa shape index (κ3) is 5.33. The number of likely N-dealkylation sites (tertiary alicyclic amines) is 1. The summed E-state index contributed by atoms with van der Waals surface area (Å²) in [5.41, 5.74) is 3.42. The zero-order valence-electron chi connectivity index (χ0n) is 16.4. The molecule has 0 aliphatic carbocycles. The highest BCUT2D eigenvalue weighted by molar-refractivity contribution is 5.93. The number of carbonyl (C=O) groups is 1. The van der Waals surface area contributed by atoms with Gasteiger partial charge in [-0.25, -0.2) is 0 Å². The third-order valence-corrected chi connectivity index (χ3v) is 5.23. The summed E-state index contributed by atoms with van der Waals surface area (Å²) in [5, 5.41) is 3.14. The van der Waals surface area contributed by atoms with Crippen LogP contribution < -0.4 is 10.1 Å². The first-order valence-corrected chi connectivity index (χ1v) is 10.0. The lowest BCUT2D eigenvalue weighted by atomic mass is 9.95. The SMILES string of the molecule is CCOc1cccc(CN2CCC(C(=O)Nc3ccccc3CC)CC2)c1. The lowest BCUT2D eigenvalue weighted by Crippen LogP contribution is -2.37. The van der Waals surface area contributed by atoms with Crippen LogP contribution in [0.15, 0.2) is 48.5 Å². The summed E-state index contributed by atoms with van der Waals surface area (Å²) in [4.78, 5) is 15.1. The molecule has 1 fully saturated rings. The first kappa shape index (κ1) is 19.4. The van der Waals surface area contributed by atoms with Crippen molar-refractivity contribution < 1.29 is 9.53 Å². The minimum atomic E-state index is 0.0981. The predicted octanol–water partition coefficient (Wildman–Crippen LogP) is 4.50. The summed E-state index contributed by atoms with van der Waals surface area (Å²) in [5.74, 6) is 1.19. The molecular formula is C23H30N2O2. The summed E-state index contributed by atoms with van der Waals surface area (Å²) < 4.78 is 5.59. The van der Waals surface area contributed by atoms with E-state index in [0.29, 0.717) is 6.61 Å². The van der Waals surface area contributed by atoms with Crippen LogP contribution in [0.5, 0.6) is 5.75 Å². The molecule has 1 heterocycles. The third-order valence-electron chi connectivity index (χ3n) is 5.23. The van der Waals surface area contributed by atoms with Gasteiger partial charge in [-0.2, -0.15) is 0 Å². The number of aryl methyl sites for hydroxylation is 1. The van der Waals surface area contributed by atoms with Gasteiger partial charge in [-0.1, -0.05) is 37.3 Å². The number of carbonyl (C=O) groups excluding carboxylic acids is 1. The standard InChI is InChI=1S/C23H30N2O2/c1-3-19-9-5-6-11-22(19)24-23(26)20-12-14-25(15-13-20)17-18-8-7-10-21(16-18)27-4-2/h5-11,16,20H,3-4,12-15,17H2,1-2H3,(H,24,26). The summed E-state index contributed by atoms with van der Waals surface area (Å²) in [7, 11) is 0. The van der Waals surface area contributed by atoms with Crippen LogP contribution in [0.4, 0.5) is 5.69 Å². The number of piperidine rings is 1. The maximum absolute atomic E-state index is 12.7. The first-order chi connectivity index (χ1) is 13.2. The Labute approximate surface area is 162 Å². The lowest BCUT2D eigenvalue weighted by molar-refractivity contribution is -0.121. The molecule has 0 aromatic heterocycles. The average molecular weight is 367 g/mol. The van der Waals surface area contributed by atoms with Crippen molar-refractivity contribution in [2.75, 3.05) is 25.0 Å². The number of benzene rings is 2. The molecule has 2 aromatic carbocycles. The molecule has 2 aromatic rings. The van der Waals surface area contributed by atoms with Crippen molar-refractivity contribution in [1.29, 1.82) is 0 Å². The molecule has 0 unspecified atom stereocenters. The fourth-order valence-electron chi connectivity index (χ4n) is 3.70. The van der Waals surface area contributed by atoms with Crippen molar-refractivity contribution in [2.45, 2.75) is 39.7 Å². The van der Waals surface area contributed by atoms with E-state index in [2.05, 4.69) is 35.3 Å². The maximum atomic E-state index is 12.7. The minimum absolute atomic E-state index is 0.0981. The Bertz CT molecular complexity index is 752. The molecule has 0 saturated carbocycles. The van der Waals surface area contributed by atoms with Crippen LogP contribution in [0.2, 0.25) is 0 Å². The number of para-hydroxylation sites is 1. The van der Waals surface area contributed by atoms with Gasteiger partial charge in [0.2, 0.25) is 5.91 Å². The van der Waals surface area contributed by atoms with E-state index in [1.807, 2.05) is 37.3 Å². The van der Waals surface area contributed by atoms with Crippen LogP contribution in [0, 0.1) is 5.92 Å². The summed E-state index contributed by atoms with van der Waals surface area (Å²) >= 11 is 0. The van der Waals surface area contributed by atoms with Gasteiger partial charge in [0.05, 0.1) is 6.61 Å². The van der Waals surface area contributed by atoms with Gasteiger partial charge in [-0.15, -0.1) is 0 Å². The fraction of sp³-hybridized carbons (Fsp3) is 0.435. The van der Waals surface area contributed by atoms with Crippen LogP contribution in [-0.4, -0.2) is 30.5 Å². The van der Waals surface area contributed by atoms with Gasteiger partial charge >= 0.3 is 0 Å². The Balaban J connectivity index is 1.51. The zero-order valence-corrected chi connectivity index (χ0v) is 16.4. The van der Waals surface area contributed by atoms with E-state index in [-0.39, 0.29) is 11.8 Å². The van der Waals surface area contributed by atoms with Gasteiger partial charge in [0, 0.05) is 18.2 Å². The Hall–Kier alpha value is -2.33. The molecule has 4 nitrogen and oxygen atoms in total. The Morgan fingerprint density at radius 2 is 1.89 bits per heavy atom. The van der Waals surface area contributed by atoms with Crippen molar-refractivity contribution in [3.63, 3.8) is 0 Å². The van der Waals surface area contributed by atoms with Crippen molar-refractivity contribution in [3.05, 3.63) is 59.7 Å². The molecule has 1 aliphatic rings. The molecule has 144 valence electrons. The van der Waals surface area contributed by atoms with Crippen LogP contribution in [0.1, 0.15) is 37.8 Å². The molecule has 0 bridgehead atoms. The van der Waals surface area contributed by atoms with E-state index in [1.165, 1.54) is 11.1 Å². The minimum Gasteiger partial charge on any atom is -0.494 e. The highest BCUT2D eigenvalue weighted by atomic mass is 16.5. The number of anilines is 1. The molecule has 0 atom stereocenters. The molecule has 0 radical (unpaired) electrons. The molecule has 0 spiro atoms. The van der Waals surface area contributed by atoms with Gasteiger partial charge in [-0.3, -0.25) is 9.69 Å². The molecule has 1 aliphatic heterocycles. The summed E-state index contributed by atoms with van der Waals surface area (Å²) in [6, 6.07) is 16.4. The Morgan fingerprint density at radius 1 is 1.11 bits per heavy atom. The number of nitrogens with one attached hydrogen (secondary N) is 1. The predicted molar refractivity (Wildman–Crippen MR) is 110 cm³/mol. The van der Waals surface area contributed by atoms with Crippen LogP contribution in [0.25, 0.3) is 0 Å². The topological polar surface area (TPSA) is 41.6 Å². The van der Waals surface area contributed by atoms with Crippen molar-refractivity contribution >= 4 is 11.6 Å². The monoisotopic (exact) mass is 366 g/mol. The molecule has 3 rings (SSSR count). The van der Waals surface area contributed by atoms with Gasteiger partial charge in [0.15, 0.2) is 0 Å². The molecule has 1 N–H and O–H groups in total. The van der Waals surface area contributed by atoms with E-state index in [4.69, 9.17) is 4.74 Å². The Morgan fingerprint density at radius 3 is 2.63 bits per heavy atom. The highest BCUT2D eigenvalue weighted by Crippen LogP contribution is 2.23. The van der Waals surface area contributed by atoms with Gasteiger partial charge in [0.1, 0.15) is 5.75 Å². The average Bonchev–Trinajstić information content (AvgIpc) is 2.69. The molecule has 1 amide bonds. The maximum Gasteiger partial charge on any atom is 0.227 e. The largest absolute Gasteiger partial charge is 0.494 e. The van der Waals surface area contributed by atoms with E-state index >= 15 is 0 Å². The molecule has 4 heteroatoms. The van der Waals surface area contributed by atoms with Gasteiger partial charge in [0.25, 0.3) is 0 Å². The van der Waals surface area contributed by atoms with Crippen LogP contribution in [0.3, 0.4) is 0 Å². The fourth-order valence-corrected chi connectivity index (χ4v) is 3.70. The van der Waals surface area contributed by atoms with Crippen LogP contribution in [-0.2, 0) is 17.8 Å². The number of hydrogen-bond donors (Lipinski definition) is 1. The van der Waals surface area contributed by atoms with Crippen LogP contribution >= 0.6 is 0 Å². The number of amides is 1. The van der Waals surface area contributed by atoms with E-state index in [0.717, 1.165) is 50.3 Å². The first-order valence-electron chi connectivity index (χ1n) is 10.0. The second kappa shape index (κ2) is 9.56. The van der Waals surface area contributed by atoms with E-state index in [1.54, 1.807) is 0 Å². The van der Waals surface area contributed by atoms with E-state index in [9.17, 15) is 4.79 Å². The second-order valence-corrected chi connectivity index (χ2v) is 7.13. The summed E-state index contributed by atoms with van der Waals surface area (Å²) in [6.45, 7) is 7.61. The summed E-state index contributed by atoms with van der Waals surface area (Å²) in [6.07, 6.45) is 2.74. The van der Waals surface area contributed by atoms with Gasteiger partial charge in [-0.05, 0) is 68.6 Å². The zero-order chi connectivity index (χ0) is 19.1. The molecule has 27 heavy (non-hydrogen) atoms.